The van der Waals surface area contributed by atoms with E-state index in [2.05, 4.69) is 4.18 Å². The first-order valence-corrected chi connectivity index (χ1v) is 6.35. The fraction of sp³-hybridized carbons (Fsp3) is 0.400. The zero-order valence-corrected chi connectivity index (χ0v) is 9.53. The van der Waals surface area contributed by atoms with Crippen LogP contribution in [0.25, 0.3) is 0 Å². The minimum absolute atomic E-state index is 0.0216. The van der Waals surface area contributed by atoms with Crippen molar-refractivity contribution in [3.63, 3.8) is 0 Å². The maximum Gasteiger partial charge on any atom is 0.264 e. The molecule has 0 saturated heterocycles. The predicted octanol–water partition coefficient (Wildman–Crippen LogP) is 1.43. The summed E-state index contributed by atoms with van der Waals surface area (Å²) in [7, 11) is -3.39. The van der Waals surface area contributed by atoms with Crippen molar-refractivity contribution in [2.24, 2.45) is 0 Å². The van der Waals surface area contributed by atoms with Gasteiger partial charge in [-0.15, -0.1) is 0 Å². The van der Waals surface area contributed by atoms with E-state index in [1.54, 1.807) is 19.1 Å². The van der Waals surface area contributed by atoms with Gasteiger partial charge >= 0.3 is 0 Å². The molecule has 1 unspecified atom stereocenters. The van der Waals surface area contributed by atoms with E-state index in [0.29, 0.717) is 5.75 Å². The maximum absolute atomic E-state index is 10.7. The number of hydrogen-bond acceptors (Lipinski definition) is 4. The molecule has 15 heavy (non-hydrogen) atoms. The van der Waals surface area contributed by atoms with Gasteiger partial charge in [0.25, 0.3) is 10.1 Å². The summed E-state index contributed by atoms with van der Waals surface area (Å²) >= 11 is 0. The highest BCUT2D eigenvalue weighted by Gasteiger charge is 2.08. The van der Waals surface area contributed by atoms with Gasteiger partial charge in [-0.3, -0.25) is 4.18 Å². The molecule has 0 aliphatic rings. The Morgan fingerprint density at radius 2 is 1.87 bits per heavy atom. The molecule has 0 radical (unpaired) electrons. The molecule has 1 atom stereocenters. The lowest BCUT2D eigenvalue weighted by Crippen LogP contribution is -2.21. The Bertz CT molecular complexity index is 385. The molecule has 0 saturated carbocycles. The summed E-state index contributed by atoms with van der Waals surface area (Å²) in [5.41, 5.74) is 0. The first kappa shape index (κ1) is 12.0. The molecule has 0 aromatic heterocycles. The van der Waals surface area contributed by atoms with Crippen LogP contribution in [0.2, 0.25) is 0 Å². The smallest absolute Gasteiger partial charge is 0.264 e. The summed E-state index contributed by atoms with van der Waals surface area (Å²) < 4.78 is 31.5. The van der Waals surface area contributed by atoms with E-state index < -0.39 is 10.1 Å². The van der Waals surface area contributed by atoms with Crippen LogP contribution in [0.5, 0.6) is 5.75 Å². The minimum Gasteiger partial charge on any atom is -0.488 e. The number of hydrogen-bond donors (Lipinski definition) is 0. The van der Waals surface area contributed by atoms with Crippen LogP contribution in [-0.2, 0) is 14.3 Å². The summed E-state index contributed by atoms with van der Waals surface area (Å²) in [6.07, 6.45) is 0.713. The summed E-state index contributed by atoms with van der Waals surface area (Å²) in [5.74, 6) is 0.696. The van der Waals surface area contributed by atoms with Crippen LogP contribution in [0.4, 0.5) is 0 Å². The van der Waals surface area contributed by atoms with Crippen molar-refractivity contribution in [1.29, 1.82) is 0 Å². The van der Waals surface area contributed by atoms with Crippen LogP contribution in [0.1, 0.15) is 6.92 Å². The Labute approximate surface area is 90.0 Å². The normalized spacial score (nSPS) is 13.5. The fourth-order valence-electron chi connectivity index (χ4n) is 0.985. The molecule has 0 fully saturated rings. The number of para-hydroxylation sites is 1. The lowest BCUT2D eigenvalue weighted by atomic mass is 10.3. The van der Waals surface area contributed by atoms with Crippen molar-refractivity contribution in [3.8, 4) is 5.75 Å². The number of rotatable bonds is 5. The number of ether oxygens (including phenoxy) is 1. The second kappa shape index (κ2) is 5.14. The predicted molar refractivity (Wildman–Crippen MR) is 57.3 cm³/mol. The molecule has 1 aromatic rings. The molecule has 5 heteroatoms. The topological polar surface area (TPSA) is 52.6 Å². The Kier molecular flexibility index (Phi) is 4.11. The quantitative estimate of drug-likeness (QED) is 0.718. The molecule has 0 N–H and O–H groups in total. The third-order valence-corrected chi connectivity index (χ3v) is 2.16. The van der Waals surface area contributed by atoms with E-state index in [9.17, 15) is 8.42 Å². The van der Waals surface area contributed by atoms with E-state index in [0.717, 1.165) is 6.26 Å². The highest BCUT2D eigenvalue weighted by atomic mass is 32.2. The highest BCUT2D eigenvalue weighted by Crippen LogP contribution is 2.10. The average Bonchev–Trinajstić information content (AvgIpc) is 2.15. The van der Waals surface area contributed by atoms with Crippen LogP contribution in [0, 0.1) is 0 Å². The van der Waals surface area contributed by atoms with Crippen LogP contribution in [0.15, 0.2) is 30.3 Å². The van der Waals surface area contributed by atoms with Gasteiger partial charge in [-0.05, 0) is 19.1 Å². The molecule has 0 amide bonds. The van der Waals surface area contributed by atoms with E-state index in [1.165, 1.54) is 0 Å². The van der Waals surface area contributed by atoms with Crippen LogP contribution < -0.4 is 4.74 Å². The zero-order valence-electron chi connectivity index (χ0n) is 8.71. The largest absolute Gasteiger partial charge is 0.488 e. The lowest BCUT2D eigenvalue weighted by molar-refractivity contribution is 0.147. The monoisotopic (exact) mass is 230 g/mol. The summed E-state index contributed by atoms with van der Waals surface area (Å²) in [4.78, 5) is 0. The molecule has 4 nitrogen and oxygen atoms in total. The van der Waals surface area contributed by atoms with Crippen molar-refractivity contribution in [1.82, 2.24) is 0 Å². The minimum atomic E-state index is -3.39. The maximum atomic E-state index is 10.7. The Morgan fingerprint density at radius 1 is 1.27 bits per heavy atom. The van der Waals surface area contributed by atoms with Crippen LogP contribution >= 0.6 is 0 Å². The number of benzene rings is 1. The molecule has 84 valence electrons. The second-order valence-electron chi connectivity index (χ2n) is 3.23. The third kappa shape index (κ3) is 5.39. The van der Waals surface area contributed by atoms with Crippen molar-refractivity contribution in [2.75, 3.05) is 12.9 Å². The van der Waals surface area contributed by atoms with Gasteiger partial charge in [0.2, 0.25) is 0 Å². The van der Waals surface area contributed by atoms with E-state index in [1.807, 2.05) is 18.2 Å². The highest BCUT2D eigenvalue weighted by molar-refractivity contribution is 7.85. The molecule has 0 bridgehead atoms. The summed E-state index contributed by atoms with van der Waals surface area (Å²) in [6, 6.07) is 9.18. The Morgan fingerprint density at radius 3 is 2.40 bits per heavy atom. The van der Waals surface area contributed by atoms with Crippen LogP contribution in [0.3, 0.4) is 0 Å². The summed E-state index contributed by atoms with van der Waals surface area (Å²) in [5, 5.41) is 0. The van der Waals surface area contributed by atoms with Gasteiger partial charge in [0.05, 0.1) is 6.26 Å². The molecule has 1 rings (SSSR count). The molecular formula is C10H14O4S. The Hall–Kier alpha value is -1.07. The second-order valence-corrected chi connectivity index (χ2v) is 4.87. The van der Waals surface area contributed by atoms with Crippen molar-refractivity contribution in [2.45, 2.75) is 13.0 Å². The van der Waals surface area contributed by atoms with Gasteiger partial charge in [0.1, 0.15) is 18.5 Å². The molecule has 0 aliphatic carbocycles. The van der Waals surface area contributed by atoms with Crippen LogP contribution in [-0.4, -0.2) is 27.4 Å². The zero-order chi connectivity index (χ0) is 11.3. The van der Waals surface area contributed by atoms with Crippen molar-refractivity contribution < 1.29 is 17.3 Å². The fourth-order valence-corrected chi connectivity index (χ4v) is 1.42. The van der Waals surface area contributed by atoms with E-state index in [4.69, 9.17) is 4.74 Å². The molecule has 0 spiro atoms. The van der Waals surface area contributed by atoms with Gasteiger partial charge in [-0.1, -0.05) is 18.2 Å². The molecule has 0 aliphatic heterocycles. The molecule has 1 aromatic carbocycles. The van der Waals surface area contributed by atoms with Gasteiger partial charge in [0, 0.05) is 0 Å². The van der Waals surface area contributed by atoms with Gasteiger partial charge < -0.3 is 4.74 Å². The van der Waals surface area contributed by atoms with Gasteiger partial charge in [-0.2, -0.15) is 8.42 Å². The SMILES string of the molecule is CC(COS(C)(=O)=O)Oc1ccccc1. The average molecular weight is 230 g/mol. The standard InChI is InChI=1S/C10H14O4S/c1-9(8-13-15(2,11)12)14-10-6-4-3-5-7-10/h3-7,9H,8H2,1-2H3. The van der Waals surface area contributed by atoms with Gasteiger partial charge in [0.15, 0.2) is 0 Å². The first-order valence-electron chi connectivity index (χ1n) is 4.53. The van der Waals surface area contributed by atoms with Crippen molar-refractivity contribution in [3.05, 3.63) is 30.3 Å². The first-order chi connectivity index (χ1) is 6.97. The molecular weight excluding hydrogens is 216 g/mol. The van der Waals surface area contributed by atoms with Gasteiger partial charge in [-0.25, -0.2) is 0 Å². The Balaban J connectivity index is 2.40. The molecule has 0 heterocycles. The third-order valence-electron chi connectivity index (χ3n) is 1.60. The van der Waals surface area contributed by atoms with Crippen molar-refractivity contribution >= 4 is 10.1 Å². The summed E-state index contributed by atoms with van der Waals surface area (Å²) in [6.45, 7) is 1.77. The lowest BCUT2D eigenvalue weighted by Gasteiger charge is -2.13. The van der Waals surface area contributed by atoms with E-state index in [-0.39, 0.29) is 12.7 Å². The van der Waals surface area contributed by atoms with E-state index >= 15 is 0 Å².